The first-order valence-electron chi connectivity index (χ1n) is 21.2. The number of hydrogen-bond donors (Lipinski definition) is 2. The average molecular weight is 781 g/mol. The van der Waals surface area contributed by atoms with E-state index in [4.69, 9.17) is 4.74 Å². The molecule has 3 atom stereocenters. The Kier molecular flexibility index (Phi) is 10.7. The van der Waals surface area contributed by atoms with E-state index in [0.717, 1.165) is 88.1 Å². The van der Waals surface area contributed by atoms with Gasteiger partial charge in [0.25, 0.3) is 5.91 Å². The molecule has 4 aromatic rings. The lowest BCUT2D eigenvalue weighted by atomic mass is 9.69. The summed E-state index contributed by atoms with van der Waals surface area (Å²) in [5, 5.41) is 12.5. The highest BCUT2D eigenvalue weighted by Crippen LogP contribution is 2.47. The molecule has 0 saturated carbocycles. The zero-order valence-corrected chi connectivity index (χ0v) is 33.0. The number of nitrogens with one attached hydrogen (secondary N) is 1. The van der Waals surface area contributed by atoms with Gasteiger partial charge in [-0.15, -0.1) is 0 Å². The Morgan fingerprint density at radius 2 is 1.53 bits per heavy atom. The second-order valence-electron chi connectivity index (χ2n) is 16.9. The van der Waals surface area contributed by atoms with Crippen molar-refractivity contribution in [3.63, 3.8) is 0 Å². The molecule has 4 amide bonds. The highest BCUT2D eigenvalue weighted by molar-refractivity contribution is 6.05. The van der Waals surface area contributed by atoms with Crippen LogP contribution in [0.4, 0.5) is 5.69 Å². The van der Waals surface area contributed by atoms with Crippen LogP contribution in [0, 0.1) is 11.8 Å². The molecule has 1 aliphatic carbocycles. The number of nitrogens with zero attached hydrogens (tertiary/aromatic N) is 3. The largest absolute Gasteiger partial charge is 0.508 e. The van der Waals surface area contributed by atoms with Crippen LogP contribution in [-0.4, -0.2) is 77.4 Å². The summed E-state index contributed by atoms with van der Waals surface area (Å²) in [5.74, 6) is 1.76. The summed E-state index contributed by atoms with van der Waals surface area (Å²) < 4.78 is 6.27. The van der Waals surface area contributed by atoms with Gasteiger partial charge in [-0.2, -0.15) is 0 Å². The maximum atomic E-state index is 13.6. The second-order valence-corrected chi connectivity index (χ2v) is 16.9. The summed E-state index contributed by atoms with van der Waals surface area (Å²) >= 11 is 0. The van der Waals surface area contributed by atoms with E-state index < -0.39 is 11.9 Å². The Morgan fingerprint density at radius 3 is 2.29 bits per heavy atom. The molecule has 0 radical (unpaired) electrons. The monoisotopic (exact) mass is 780 g/mol. The standard InChI is InChI=1S/C48H52N4O6/c53-38-10-15-41-35(29-38)8-13-40(32-4-2-1-3-5-32)45(41)33-6-11-39(12-7-33)58-27-22-31-18-23-51(24-19-31)47(56)34-20-25-50(26-21-34)37-9-14-42-36(28-37)30-52(48(42)57)43-16-17-44(54)49-46(43)55/h1-7,9-12,14-15,28-29,31,34,40,43,45,53H,8,13,16-27,30H2,(H,49,54,55)/t40-,43?,45+/m1/s1. The number of carbonyl (C=O) groups is 4. The molecule has 58 heavy (non-hydrogen) atoms. The number of benzene rings is 4. The third kappa shape index (κ3) is 7.68. The molecule has 5 aliphatic rings. The van der Waals surface area contributed by atoms with Gasteiger partial charge in [-0.25, -0.2) is 0 Å². The van der Waals surface area contributed by atoms with E-state index in [1.165, 1.54) is 22.3 Å². The van der Waals surface area contributed by atoms with E-state index in [1.54, 1.807) is 4.90 Å². The minimum atomic E-state index is -0.622. The van der Waals surface area contributed by atoms with E-state index in [1.807, 2.05) is 24.3 Å². The molecule has 3 saturated heterocycles. The van der Waals surface area contributed by atoms with Gasteiger partial charge in [-0.05, 0) is 133 Å². The summed E-state index contributed by atoms with van der Waals surface area (Å²) in [6, 6.07) is 30.5. The number of amides is 4. The fraction of sp³-hybridized carbons (Fsp3) is 0.417. The van der Waals surface area contributed by atoms with E-state index in [-0.39, 0.29) is 36.0 Å². The number of carbonyl (C=O) groups excluding carboxylic acids is 4. The molecule has 4 aliphatic heterocycles. The number of anilines is 1. The number of phenolic OH excluding ortho intramolecular Hbond substituents is 1. The van der Waals surface area contributed by atoms with Crippen molar-refractivity contribution >= 4 is 29.3 Å². The number of likely N-dealkylation sites (tertiary alicyclic amines) is 1. The number of imide groups is 1. The predicted molar refractivity (Wildman–Crippen MR) is 221 cm³/mol. The molecule has 1 unspecified atom stereocenters. The number of phenols is 1. The lowest BCUT2D eigenvalue weighted by Crippen LogP contribution is -2.52. The first kappa shape index (κ1) is 37.9. The zero-order valence-electron chi connectivity index (χ0n) is 33.0. The summed E-state index contributed by atoms with van der Waals surface area (Å²) in [7, 11) is 0. The Balaban J connectivity index is 0.729. The van der Waals surface area contributed by atoms with Crippen LogP contribution in [0.25, 0.3) is 0 Å². The first-order valence-corrected chi connectivity index (χ1v) is 21.2. The third-order valence-electron chi connectivity index (χ3n) is 13.5. The van der Waals surface area contributed by atoms with Crippen LogP contribution in [0.15, 0.2) is 91.0 Å². The highest BCUT2D eigenvalue weighted by atomic mass is 16.5. The van der Waals surface area contributed by atoms with Gasteiger partial charge < -0.3 is 24.5 Å². The van der Waals surface area contributed by atoms with Crippen LogP contribution in [0.1, 0.15) is 101 Å². The fourth-order valence-corrected chi connectivity index (χ4v) is 10.2. The van der Waals surface area contributed by atoms with E-state index in [9.17, 15) is 24.3 Å². The van der Waals surface area contributed by atoms with Crippen LogP contribution in [0.5, 0.6) is 11.5 Å². The number of fused-ring (bicyclic) bond motifs is 2. The number of aryl methyl sites for hydroxylation is 1. The molecule has 10 nitrogen and oxygen atoms in total. The Labute approximate surface area is 340 Å². The molecule has 3 fully saturated rings. The summed E-state index contributed by atoms with van der Waals surface area (Å²) in [6.45, 7) is 4.16. The maximum absolute atomic E-state index is 13.6. The van der Waals surface area contributed by atoms with E-state index >= 15 is 0 Å². The minimum Gasteiger partial charge on any atom is -0.508 e. The molecule has 0 aromatic heterocycles. The molecular formula is C48H52N4O6. The van der Waals surface area contributed by atoms with Crippen molar-refractivity contribution in [3.05, 3.63) is 124 Å². The predicted octanol–water partition coefficient (Wildman–Crippen LogP) is 6.94. The number of ether oxygens (including phenoxy) is 1. The maximum Gasteiger partial charge on any atom is 0.255 e. The van der Waals surface area contributed by atoms with Crippen LogP contribution in [0.3, 0.4) is 0 Å². The molecule has 4 aromatic carbocycles. The van der Waals surface area contributed by atoms with Crippen LogP contribution in [0.2, 0.25) is 0 Å². The number of piperidine rings is 3. The minimum absolute atomic E-state index is 0.0235. The number of rotatable bonds is 9. The van der Waals surface area contributed by atoms with Crippen molar-refractivity contribution < 1.29 is 29.0 Å². The quantitative estimate of drug-likeness (QED) is 0.177. The second kappa shape index (κ2) is 16.3. The van der Waals surface area contributed by atoms with Gasteiger partial charge >= 0.3 is 0 Å². The lowest BCUT2D eigenvalue weighted by Gasteiger charge is -2.38. The van der Waals surface area contributed by atoms with Crippen molar-refractivity contribution in [2.24, 2.45) is 11.8 Å². The van der Waals surface area contributed by atoms with Gasteiger partial charge in [0.05, 0.1) is 6.61 Å². The van der Waals surface area contributed by atoms with Crippen molar-refractivity contribution in [1.82, 2.24) is 15.1 Å². The SMILES string of the molecule is O=C1CCC(N2Cc3cc(N4CCC(C(=O)N5CCC(CCOc6ccc([C@@H]7c8ccc(O)cc8CC[C@@H]7c7ccccc7)cc6)CC5)CC4)ccc3C2=O)C(=O)N1. The lowest BCUT2D eigenvalue weighted by molar-refractivity contribution is -0.138. The van der Waals surface area contributed by atoms with Gasteiger partial charge in [0.15, 0.2) is 0 Å². The van der Waals surface area contributed by atoms with E-state index in [2.05, 4.69) is 81.8 Å². The summed E-state index contributed by atoms with van der Waals surface area (Å²) in [6.07, 6.45) is 7.13. The van der Waals surface area contributed by atoms with Crippen molar-refractivity contribution in [1.29, 1.82) is 0 Å². The molecule has 0 spiro atoms. The van der Waals surface area contributed by atoms with E-state index in [0.29, 0.717) is 42.7 Å². The summed E-state index contributed by atoms with van der Waals surface area (Å²) in [4.78, 5) is 56.8. The Bertz CT molecular complexity index is 2170. The van der Waals surface area contributed by atoms with Gasteiger partial charge in [0.1, 0.15) is 17.5 Å². The molecule has 2 N–H and O–H groups in total. The van der Waals surface area contributed by atoms with Gasteiger partial charge in [0, 0.05) is 62.2 Å². The number of hydrogen-bond acceptors (Lipinski definition) is 7. The van der Waals surface area contributed by atoms with Crippen LogP contribution >= 0.6 is 0 Å². The van der Waals surface area contributed by atoms with Crippen molar-refractivity contribution in [2.45, 2.75) is 82.2 Å². The summed E-state index contributed by atoms with van der Waals surface area (Å²) in [5.41, 5.74) is 7.68. The van der Waals surface area contributed by atoms with Crippen LogP contribution < -0.4 is 15.0 Å². The topological polar surface area (TPSA) is 119 Å². The zero-order chi connectivity index (χ0) is 39.8. The molecular weight excluding hydrogens is 729 g/mol. The smallest absolute Gasteiger partial charge is 0.255 e. The molecule has 9 rings (SSSR count). The van der Waals surface area contributed by atoms with Gasteiger partial charge in [-0.3, -0.25) is 24.5 Å². The van der Waals surface area contributed by atoms with Gasteiger partial charge in [-0.1, -0.05) is 48.5 Å². The Hall–Kier alpha value is -5.64. The van der Waals surface area contributed by atoms with Crippen LogP contribution in [-0.2, 0) is 27.3 Å². The number of aromatic hydroxyl groups is 1. The average Bonchev–Trinajstić information content (AvgIpc) is 3.58. The third-order valence-corrected chi connectivity index (χ3v) is 13.5. The first-order chi connectivity index (χ1) is 28.3. The van der Waals surface area contributed by atoms with Crippen molar-refractivity contribution in [2.75, 3.05) is 37.7 Å². The fourth-order valence-electron chi connectivity index (χ4n) is 10.2. The molecule has 4 heterocycles. The molecule has 10 heteroatoms. The normalized spacial score (nSPS) is 22.7. The van der Waals surface area contributed by atoms with Gasteiger partial charge in [0.2, 0.25) is 17.7 Å². The molecule has 300 valence electrons. The molecule has 0 bridgehead atoms. The van der Waals surface area contributed by atoms with Crippen molar-refractivity contribution in [3.8, 4) is 11.5 Å². The highest BCUT2D eigenvalue weighted by Gasteiger charge is 2.40. The Morgan fingerprint density at radius 1 is 0.759 bits per heavy atom.